The quantitative estimate of drug-likeness (QED) is 0.533. The van der Waals surface area contributed by atoms with Crippen molar-refractivity contribution in [3.63, 3.8) is 0 Å². The van der Waals surface area contributed by atoms with Crippen LogP contribution in [0.4, 0.5) is 5.69 Å². The molecule has 2 unspecified atom stereocenters. The van der Waals surface area contributed by atoms with Crippen LogP contribution in [0.25, 0.3) is 0 Å². The summed E-state index contributed by atoms with van der Waals surface area (Å²) in [6.45, 7) is 7.45. The molecule has 1 heterocycles. The second-order valence-corrected chi connectivity index (χ2v) is 9.01. The Morgan fingerprint density at radius 3 is 2.70 bits per heavy atom. The molecule has 0 radical (unpaired) electrons. The van der Waals surface area contributed by atoms with Crippen LogP contribution in [0.2, 0.25) is 0 Å². The summed E-state index contributed by atoms with van der Waals surface area (Å²) >= 11 is 0. The Kier molecular flexibility index (Phi) is 5.88. The number of carbonyl (C=O) groups excluding carboxylic acids is 1. The van der Waals surface area contributed by atoms with Crippen LogP contribution in [0.5, 0.6) is 0 Å². The molecule has 2 atom stereocenters. The zero-order chi connectivity index (χ0) is 19.6. The first kappa shape index (κ1) is 19.9. The van der Waals surface area contributed by atoms with Gasteiger partial charge in [0.1, 0.15) is 19.9 Å². The minimum Gasteiger partial charge on any atom is -0.344 e. The zero-order valence-electron chi connectivity index (χ0n) is 17.7. The molecule has 1 aromatic carbocycles. The van der Waals surface area contributed by atoms with Gasteiger partial charge in [0.25, 0.3) is 0 Å². The maximum absolute atomic E-state index is 11.9. The summed E-state index contributed by atoms with van der Waals surface area (Å²) in [5.74, 6) is 1.30. The molecule has 0 amide bonds. The van der Waals surface area contributed by atoms with Crippen molar-refractivity contribution in [3.8, 4) is 0 Å². The fourth-order valence-corrected chi connectivity index (χ4v) is 5.03. The number of carbonyl (C=O) groups is 1. The van der Waals surface area contributed by atoms with E-state index >= 15 is 0 Å². The summed E-state index contributed by atoms with van der Waals surface area (Å²) in [7, 11) is 4.14. The number of fused-ring (bicyclic) bond motifs is 1. The monoisotopic (exact) mass is 367 g/mol. The maximum Gasteiger partial charge on any atom is 0.164 e. The SMILES string of the molecule is CC(=O)C1CCCC1CCCN1C(=CC=[N+](C)C)C(C)(C)c2ccccc21. The van der Waals surface area contributed by atoms with Crippen molar-refractivity contribution in [2.45, 2.75) is 58.3 Å². The number of hydrogen-bond donors (Lipinski definition) is 0. The molecule has 146 valence electrons. The average Bonchev–Trinajstić information content (AvgIpc) is 3.16. The molecule has 1 fully saturated rings. The van der Waals surface area contributed by atoms with Crippen LogP contribution >= 0.6 is 0 Å². The third kappa shape index (κ3) is 4.02. The molecular formula is C24H35N2O+. The highest BCUT2D eigenvalue weighted by Gasteiger charge is 2.40. The minimum absolute atomic E-state index is 0.0123. The van der Waals surface area contributed by atoms with Crippen molar-refractivity contribution >= 4 is 17.7 Å². The number of para-hydroxylation sites is 1. The van der Waals surface area contributed by atoms with Crippen molar-refractivity contribution < 1.29 is 9.37 Å². The molecule has 1 aromatic rings. The van der Waals surface area contributed by atoms with Gasteiger partial charge in [0, 0.05) is 35.3 Å². The van der Waals surface area contributed by atoms with Gasteiger partial charge in [0.05, 0.1) is 0 Å². The number of nitrogens with zero attached hydrogens (tertiary/aromatic N) is 2. The zero-order valence-corrected chi connectivity index (χ0v) is 17.7. The van der Waals surface area contributed by atoms with E-state index in [-0.39, 0.29) is 5.41 Å². The summed E-state index contributed by atoms with van der Waals surface area (Å²) < 4.78 is 2.10. The number of benzene rings is 1. The van der Waals surface area contributed by atoms with Gasteiger partial charge in [-0.2, -0.15) is 0 Å². The van der Waals surface area contributed by atoms with Gasteiger partial charge in [-0.3, -0.25) is 4.79 Å². The third-order valence-corrected chi connectivity index (χ3v) is 6.47. The summed E-state index contributed by atoms with van der Waals surface area (Å²) in [6.07, 6.45) is 10.3. The highest BCUT2D eigenvalue weighted by Crippen LogP contribution is 2.47. The van der Waals surface area contributed by atoms with Crippen LogP contribution in [0.15, 0.2) is 36.0 Å². The largest absolute Gasteiger partial charge is 0.344 e. The Bertz CT molecular complexity index is 755. The number of anilines is 1. The number of Topliss-reactive ketones (excluding diaryl/α,β-unsaturated/α-hetero) is 1. The standard InChI is InChI=1S/C24H35N2O/c1-18(27)20-12-8-10-19(20)11-9-16-26-22-14-7-6-13-21(22)24(2,3)23(26)15-17-25(4)5/h6-7,13-15,17,19-20H,8-12,16H2,1-5H3/q+1. The normalized spacial score (nSPS) is 24.9. The molecule has 0 aromatic heterocycles. The lowest BCUT2D eigenvalue weighted by Crippen LogP contribution is -2.28. The number of rotatable bonds is 6. The van der Waals surface area contributed by atoms with Crippen LogP contribution in [0.1, 0.15) is 58.4 Å². The molecule has 2 aliphatic rings. The minimum atomic E-state index is 0.0123. The molecule has 1 aliphatic carbocycles. The second-order valence-electron chi connectivity index (χ2n) is 9.01. The van der Waals surface area contributed by atoms with E-state index in [1.54, 1.807) is 6.92 Å². The molecule has 3 nitrogen and oxygen atoms in total. The van der Waals surface area contributed by atoms with Crippen molar-refractivity contribution in [1.29, 1.82) is 0 Å². The first-order chi connectivity index (χ1) is 12.8. The van der Waals surface area contributed by atoms with E-state index in [0.29, 0.717) is 17.6 Å². The van der Waals surface area contributed by atoms with E-state index in [0.717, 1.165) is 25.8 Å². The lowest BCUT2D eigenvalue weighted by Gasteiger charge is -2.27. The van der Waals surface area contributed by atoms with Crippen molar-refractivity contribution in [1.82, 2.24) is 0 Å². The first-order valence-corrected chi connectivity index (χ1v) is 10.4. The van der Waals surface area contributed by atoms with Crippen LogP contribution in [0, 0.1) is 11.8 Å². The predicted molar refractivity (Wildman–Crippen MR) is 114 cm³/mol. The van der Waals surface area contributed by atoms with Gasteiger partial charge in [0.2, 0.25) is 0 Å². The maximum atomic E-state index is 11.9. The Hall–Kier alpha value is -1.90. The van der Waals surface area contributed by atoms with Gasteiger partial charge in [-0.1, -0.05) is 38.5 Å². The fraction of sp³-hybridized carbons (Fsp3) is 0.583. The molecule has 0 saturated heterocycles. The van der Waals surface area contributed by atoms with Crippen molar-refractivity contribution in [3.05, 3.63) is 41.6 Å². The lowest BCUT2D eigenvalue weighted by molar-refractivity contribution is -0.458. The molecule has 0 bridgehead atoms. The molecule has 0 spiro atoms. The summed E-state index contributed by atoms with van der Waals surface area (Å²) in [5, 5.41) is 0. The molecule has 27 heavy (non-hydrogen) atoms. The second kappa shape index (κ2) is 8.00. The molecule has 3 rings (SSSR count). The summed E-state index contributed by atoms with van der Waals surface area (Å²) in [5.41, 5.74) is 4.13. The van der Waals surface area contributed by atoms with Crippen LogP contribution < -0.4 is 4.90 Å². The topological polar surface area (TPSA) is 23.3 Å². The number of ketones is 1. The average molecular weight is 368 g/mol. The number of hydrogen-bond acceptors (Lipinski definition) is 2. The van der Waals surface area contributed by atoms with E-state index in [2.05, 4.69) is 74.0 Å². The van der Waals surface area contributed by atoms with Gasteiger partial charge in [-0.05, 0) is 50.2 Å². The van der Waals surface area contributed by atoms with Crippen molar-refractivity contribution in [2.75, 3.05) is 25.5 Å². The van der Waals surface area contributed by atoms with E-state index < -0.39 is 0 Å². The van der Waals surface area contributed by atoms with E-state index in [9.17, 15) is 4.79 Å². The van der Waals surface area contributed by atoms with Crippen LogP contribution in [0.3, 0.4) is 0 Å². The highest BCUT2D eigenvalue weighted by atomic mass is 16.1. The van der Waals surface area contributed by atoms with E-state index in [4.69, 9.17) is 0 Å². The van der Waals surface area contributed by atoms with Crippen LogP contribution in [-0.4, -0.2) is 37.2 Å². The van der Waals surface area contributed by atoms with Gasteiger partial charge in [-0.25, -0.2) is 4.58 Å². The molecule has 0 N–H and O–H groups in total. The summed E-state index contributed by atoms with van der Waals surface area (Å²) in [4.78, 5) is 14.4. The lowest BCUT2D eigenvalue weighted by atomic mass is 9.84. The van der Waals surface area contributed by atoms with Gasteiger partial charge in [-0.15, -0.1) is 0 Å². The van der Waals surface area contributed by atoms with Crippen molar-refractivity contribution in [2.24, 2.45) is 11.8 Å². The van der Waals surface area contributed by atoms with Gasteiger partial charge >= 0.3 is 0 Å². The Labute approximate surface area is 164 Å². The third-order valence-electron chi connectivity index (χ3n) is 6.47. The predicted octanol–water partition coefficient (Wildman–Crippen LogP) is 4.80. The van der Waals surface area contributed by atoms with Gasteiger partial charge in [0.15, 0.2) is 6.21 Å². The summed E-state index contributed by atoms with van der Waals surface area (Å²) in [6, 6.07) is 8.81. The van der Waals surface area contributed by atoms with Gasteiger partial charge < -0.3 is 4.90 Å². The Balaban J connectivity index is 1.78. The first-order valence-electron chi connectivity index (χ1n) is 10.4. The fourth-order valence-electron chi connectivity index (χ4n) is 5.03. The molecular weight excluding hydrogens is 332 g/mol. The smallest absolute Gasteiger partial charge is 0.164 e. The Morgan fingerprint density at radius 2 is 2.00 bits per heavy atom. The van der Waals surface area contributed by atoms with Crippen LogP contribution in [-0.2, 0) is 10.2 Å². The number of allylic oxidation sites excluding steroid dienone is 2. The molecule has 3 heteroatoms. The highest BCUT2D eigenvalue weighted by molar-refractivity contribution is 5.79. The molecule has 1 aliphatic heterocycles. The van der Waals surface area contributed by atoms with E-state index in [1.165, 1.54) is 29.8 Å². The Morgan fingerprint density at radius 1 is 1.26 bits per heavy atom. The molecule has 1 saturated carbocycles. The van der Waals surface area contributed by atoms with E-state index in [1.807, 2.05) is 0 Å².